The van der Waals surface area contributed by atoms with Gasteiger partial charge in [0.2, 0.25) is 15.9 Å². The second-order valence-electron chi connectivity index (χ2n) is 10.1. The Morgan fingerprint density at radius 1 is 0.947 bits per heavy atom. The third-order valence-electron chi connectivity index (χ3n) is 7.38. The Hall–Kier alpha value is -3.43. The molecular weight excluding hydrogens is 500 g/mol. The Kier molecular flexibility index (Phi) is 7.67. The van der Waals surface area contributed by atoms with E-state index in [4.69, 9.17) is 4.52 Å². The van der Waals surface area contributed by atoms with E-state index in [9.17, 15) is 13.2 Å². The van der Waals surface area contributed by atoms with E-state index in [-0.39, 0.29) is 29.0 Å². The highest BCUT2D eigenvalue weighted by Gasteiger charge is 2.38. The molecule has 0 saturated carbocycles. The van der Waals surface area contributed by atoms with E-state index < -0.39 is 10.0 Å². The minimum absolute atomic E-state index is 0.0409. The van der Waals surface area contributed by atoms with Crippen molar-refractivity contribution in [2.45, 2.75) is 31.6 Å². The molecule has 1 amide bonds. The van der Waals surface area contributed by atoms with E-state index >= 15 is 0 Å². The number of para-hydroxylation sites is 1. The van der Waals surface area contributed by atoms with Gasteiger partial charge in [-0.15, -0.1) is 0 Å². The highest BCUT2D eigenvalue weighted by atomic mass is 32.2. The summed E-state index contributed by atoms with van der Waals surface area (Å²) in [6.45, 7) is 7.00. The Morgan fingerprint density at radius 3 is 2.37 bits per heavy atom. The molecule has 2 aliphatic rings. The van der Waals surface area contributed by atoms with Gasteiger partial charge >= 0.3 is 0 Å². The van der Waals surface area contributed by atoms with E-state index in [1.807, 2.05) is 60.4 Å². The molecule has 3 aromatic rings. The number of anilines is 1. The van der Waals surface area contributed by atoms with Gasteiger partial charge in [-0.25, -0.2) is 8.42 Å². The zero-order valence-electron chi connectivity index (χ0n) is 21.9. The first-order valence-corrected chi connectivity index (χ1v) is 14.6. The topological polar surface area (TPSA) is 87.0 Å². The van der Waals surface area contributed by atoms with E-state index in [1.165, 1.54) is 4.31 Å². The maximum Gasteiger partial charge on any atom is 0.248 e. The second-order valence-corrected chi connectivity index (χ2v) is 11.9. The molecule has 0 radical (unpaired) electrons. The van der Waals surface area contributed by atoms with Crippen LogP contribution in [0.5, 0.6) is 0 Å². The molecule has 5 rings (SSSR count). The molecule has 3 heterocycles. The van der Waals surface area contributed by atoms with Crippen LogP contribution >= 0.6 is 0 Å². The smallest absolute Gasteiger partial charge is 0.248 e. The Labute approximate surface area is 224 Å². The van der Waals surface area contributed by atoms with Crippen molar-refractivity contribution in [2.75, 3.05) is 44.2 Å². The first kappa shape index (κ1) is 26.2. The number of hydrogen-bond donors (Lipinski definition) is 0. The summed E-state index contributed by atoms with van der Waals surface area (Å²) in [6.07, 6.45) is 4.79. The van der Waals surface area contributed by atoms with Crippen LogP contribution in [0.25, 0.3) is 12.2 Å². The Morgan fingerprint density at radius 2 is 1.66 bits per heavy atom. The maximum atomic E-state index is 13.8. The molecule has 2 fully saturated rings. The molecule has 1 unspecified atom stereocenters. The van der Waals surface area contributed by atoms with Gasteiger partial charge in [0.1, 0.15) is 5.69 Å². The highest BCUT2D eigenvalue weighted by molar-refractivity contribution is 7.89. The van der Waals surface area contributed by atoms with Gasteiger partial charge in [-0.1, -0.05) is 59.3 Å². The lowest BCUT2D eigenvalue weighted by atomic mass is 9.97. The van der Waals surface area contributed by atoms with Crippen molar-refractivity contribution in [3.8, 4) is 0 Å². The molecule has 9 heteroatoms. The average molecular weight is 535 g/mol. The summed E-state index contributed by atoms with van der Waals surface area (Å²) >= 11 is 0. The summed E-state index contributed by atoms with van der Waals surface area (Å²) in [5.74, 6) is -0.110. The first-order chi connectivity index (χ1) is 18.3. The van der Waals surface area contributed by atoms with Gasteiger partial charge in [0.15, 0.2) is 10.7 Å². The lowest BCUT2D eigenvalue weighted by Crippen LogP contribution is -2.53. The quantitative estimate of drug-likeness (QED) is 0.471. The van der Waals surface area contributed by atoms with Crippen molar-refractivity contribution in [3.63, 3.8) is 0 Å². The first-order valence-electron chi connectivity index (χ1n) is 13.1. The molecule has 0 N–H and O–H groups in total. The van der Waals surface area contributed by atoms with Crippen LogP contribution in [-0.4, -0.2) is 68.0 Å². The van der Waals surface area contributed by atoms with Crippen LogP contribution in [-0.2, 0) is 14.8 Å². The lowest BCUT2D eigenvalue weighted by Gasteiger charge is -2.39. The van der Waals surface area contributed by atoms with Gasteiger partial charge < -0.3 is 14.3 Å². The van der Waals surface area contributed by atoms with E-state index in [0.29, 0.717) is 38.2 Å². The molecule has 8 nitrogen and oxygen atoms in total. The number of aryl methyl sites for hydroxylation is 2. The zero-order chi connectivity index (χ0) is 26.7. The van der Waals surface area contributed by atoms with Crippen molar-refractivity contribution < 1.29 is 17.7 Å². The van der Waals surface area contributed by atoms with Crippen molar-refractivity contribution in [1.29, 1.82) is 0 Å². The number of rotatable bonds is 6. The van der Waals surface area contributed by atoms with Gasteiger partial charge in [0.05, 0.1) is 5.92 Å². The molecular formula is C29H34N4O4S. The third kappa shape index (κ3) is 5.54. The van der Waals surface area contributed by atoms with Gasteiger partial charge in [-0.2, -0.15) is 4.31 Å². The van der Waals surface area contributed by atoms with Crippen LogP contribution in [0, 0.1) is 19.8 Å². The molecule has 200 valence electrons. The monoisotopic (exact) mass is 534 g/mol. The zero-order valence-corrected chi connectivity index (χ0v) is 22.7. The standard InChI is InChI=1S/C29H34N4O4S/c1-22-10-12-24(13-11-22)14-15-27-28(23(2)30-37-27)38(35,36)33-16-6-7-25(21-33)29(34)32-19-17-31(18-20-32)26-8-4-3-5-9-26/h3-5,8-15,25H,6-7,16-21H2,1-2H3. The number of carbonyl (C=O) groups excluding carboxylic acids is 1. The Bertz CT molecular complexity index is 1390. The molecule has 1 atom stereocenters. The Balaban J connectivity index is 1.27. The number of amides is 1. The van der Waals surface area contributed by atoms with Crippen LogP contribution in [0.15, 0.2) is 64.0 Å². The second kappa shape index (κ2) is 11.1. The average Bonchev–Trinajstić information content (AvgIpc) is 3.34. The van der Waals surface area contributed by atoms with Crippen molar-refractivity contribution in [1.82, 2.24) is 14.4 Å². The third-order valence-corrected chi connectivity index (χ3v) is 9.41. The molecule has 38 heavy (non-hydrogen) atoms. The molecule has 0 bridgehead atoms. The molecule has 0 spiro atoms. The normalized spacial score (nSPS) is 19.3. The van der Waals surface area contributed by atoms with Crippen LogP contribution in [0.3, 0.4) is 0 Å². The number of nitrogens with zero attached hydrogens (tertiary/aromatic N) is 4. The van der Waals surface area contributed by atoms with Crippen molar-refractivity contribution >= 4 is 33.8 Å². The number of piperazine rings is 1. The van der Waals surface area contributed by atoms with Gasteiger partial charge in [-0.3, -0.25) is 4.79 Å². The molecule has 1 aromatic heterocycles. The highest BCUT2D eigenvalue weighted by Crippen LogP contribution is 2.30. The minimum atomic E-state index is -3.89. The predicted molar refractivity (Wildman–Crippen MR) is 148 cm³/mol. The minimum Gasteiger partial charge on any atom is -0.368 e. The fraction of sp³-hybridized carbons (Fsp3) is 0.379. The SMILES string of the molecule is Cc1ccc(C=Cc2onc(C)c2S(=O)(=O)N2CCCC(C(=O)N3CCN(c4ccccc4)CC3)C2)cc1. The number of benzene rings is 2. The fourth-order valence-electron chi connectivity index (χ4n) is 5.22. The number of carbonyl (C=O) groups is 1. The van der Waals surface area contributed by atoms with Crippen LogP contribution in [0.4, 0.5) is 5.69 Å². The maximum absolute atomic E-state index is 13.8. The van der Waals surface area contributed by atoms with Gasteiger partial charge in [0, 0.05) is 45.0 Å². The molecule has 2 aromatic carbocycles. The van der Waals surface area contributed by atoms with E-state index in [1.54, 1.807) is 13.0 Å². The van der Waals surface area contributed by atoms with Crippen LogP contribution in [0.2, 0.25) is 0 Å². The summed E-state index contributed by atoms with van der Waals surface area (Å²) in [4.78, 5) is 17.7. The summed E-state index contributed by atoms with van der Waals surface area (Å²) in [7, 11) is -3.89. The van der Waals surface area contributed by atoms with E-state index in [0.717, 1.165) is 29.9 Å². The molecule has 0 aliphatic carbocycles. The van der Waals surface area contributed by atoms with Crippen molar-refractivity contribution in [3.05, 3.63) is 77.2 Å². The van der Waals surface area contributed by atoms with Crippen molar-refractivity contribution in [2.24, 2.45) is 5.92 Å². The van der Waals surface area contributed by atoms with Crippen LogP contribution in [0.1, 0.15) is 35.4 Å². The molecule has 2 aliphatic heterocycles. The van der Waals surface area contributed by atoms with Crippen LogP contribution < -0.4 is 4.90 Å². The summed E-state index contributed by atoms with van der Waals surface area (Å²) < 4.78 is 34.3. The summed E-state index contributed by atoms with van der Waals surface area (Å²) in [5, 5.41) is 3.95. The number of aromatic nitrogens is 1. The summed E-state index contributed by atoms with van der Waals surface area (Å²) in [6, 6.07) is 18.1. The largest absolute Gasteiger partial charge is 0.368 e. The number of hydrogen-bond acceptors (Lipinski definition) is 6. The fourth-order valence-corrected chi connectivity index (χ4v) is 7.00. The van der Waals surface area contributed by atoms with Gasteiger partial charge in [-0.05, 0) is 50.5 Å². The predicted octanol–water partition coefficient (Wildman–Crippen LogP) is 4.21. The molecule has 2 saturated heterocycles. The van der Waals surface area contributed by atoms with E-state index in [2.05, 4.69) is 22.2 Å². The van der Waals surface area contributed by atoms with Gasteiger partial charge in [0.25, 0.3) is 0 Å². The summed E-state index contributed by atoms with van der Waals surface area (Å²) in [5.41, 5.74) is 3.56. The number of sulfonamides is 1. The number of piperidine rings is 1. The lowest BCUT2D eigenvalue weighted by molar-refractivity contribution is -0.137.